The first-order chi connectivity index (χ1) is 12.0. The highest BCUT2D eigenvalue weighted by molar-refractivity contribution is 5.50. The second-order valence-corrected chi connectivity index (χ2v) is 7.54. The quantitative estimate of drug-likeness (QED) is 0.720. The zero-order chi connectivity index (χ0) is 17.4. The number of benzene rings is 1. The minimum atomic E-state index is -0.0863. The Morgan fingerprint density at radius 3 is 2.16 bits per heavy atom. The molecule has 0 bridgehead atoms. The highest BCUT2D eigenvalue weighted by atomic mass is 15.4. The van der Waals surface area contributed by atoms with Gasteiger partial charge in [0.15, 0.2) is 11.5 Å². The lowest BCUT2D eigenvalue weighted by atomic mass is 9.96. The van der Waals surface area contributed by atoms with Gasteiger partial charge in [0.2, 0.25) is 0 Å². The van der Waals surface area contributed by atoms with Gasteiger partial charge < -0.3 is 9.80 Å². The maximum absolute atomic E-state index is 4.82. The number of piperazine rings is 1. The van der Waals surface area contributed by atoms with Gasteiger partial charge in [0.25, 0.3) is 0 Å². The van der Waals surface area contributed by atoms with E-state index in [1.165, 1.54) is 5.69 Å². The van der Waals surface area contributed by atoms with Crippen LogP contribution in [0.25, 0.3) is 5.65 Å². The van der Waals surface area contributed by atoms with Crippen LogP contribution in [0.4, 0.5) is 11.5 Å². The lowest BCUT2D eigenvalue weighted by Crippen LogP contribution is -2.47. The molecule has 0 radical (unpaired) electrons. The first-order valence-electron chi connectivity index (χ1n) is 8.80. The number of anilines is 2. The average molecular weight is 336 g/mol. The summed E-state index contributed by atoms with van der Waals surface area (Å²) in [7, 11) is 0. The predicted octanol–water partition coefficient (Wildman–Crippen LogP) is 2.75. The van der Waals surface area contributed by atoms with Crippen LogP contribution in [0.2, 0.25) is 0 Å². The van der Waals surface area contributed by atoms with E-state index in [2.05, 4.69) is 77.2 Å². The monoisotopic (exact) mass is 336 g/mol. The molecule has 0 aliphatic carbocycles. The Morgan fingerprint density at radius 2 is 1.48 bits per heavy atom. The van der Waals surface area contributed by atoms with Crippen LogP contribution in [0.1, 0.15) is 26.6 Å². The van der Waals surface area contributed by atoms with Gasteiger partial charge in [-0.15, -0.1) is 15.3 Å². The van der Waals surface area contributed by atoms with E-state index < -0.39 is 0 Å². The van der Waals surface area contributed by atoms with Crippen molar-refractivity contribution in [2.45, 2.75) is 26.2 Å². The molecule has 1 aliphatic rings. The molecule has 130 valence electrons. The van der Waals surface area contributed by atoms with Gasteiger partial charge in [-0.1, -0.05) is 39.0 Å². The Balaban J connectivity index is 1.55. The summed E-state index contributed by atoms with van der Waals surface area (Å²) in [6.45, 7) is 10.3. The van der Waals surface area contributed by atoms with Gasteiger partial charge in [0, 0.05) is 37.3 Å². The number of para-hydroxylation sites is 1. The van der Waals surface area contributed by atoms with E-state index in [0.29, 0.717) is 0 Å². The van der Waals surface area contributed by atoms with Gasteiger partial charge in [-0.2, -0.15) is 4.52 Å². The number of hydrogen-bond donors (Lipinski definition) is 0. The Morgan fingerprint density at radius 1 is 0.800 bits per heavy atom. The number of hydrogen-bond acceptors (Lipinski definition) is 5. The first-order valence-corrected chi connectivity index (χ1v) is 8.80. The van der Waals surface area contributed by atoms with Crippen LogP contribution in [0, 0.1) is 0 Å². The van der Waals surface area contributed by atoms with E-state index in [9.17, 15) is 0 Å². The van der Waals surface area contributed by atoms with Crippen molar-refractivity contribution in [1.29, 1.82) is 0 Å². The fraction of sp³-hybridized carbons (Fsp3) is 0.421. The van der Waals surface area contributed by atoms with E-state index in [1.54, 1.807) is 0 Å². The van der Waals surface area contributed by atoms with Crippen molar-refractivity contribution in [3.05, 3.63) is 48.3 Å². The fourth-order valence-corrected chi connectivity index (χ4v) is 3.25. The van der Waals surface area contributed by atoms with Gasteiger partial charge in [-0.3, -0.25) is 0 Å². The Kier molecular flexibility index (Phi) is 3.82. The number of rotatable bonds is 2. The summed E-state index contributed by atoms with van der Waals surface area (Å²) >= 11 is 0. The van der Waals surface area contributed by atoms with Gasteiger partial charge >= 0.3 is 0 Å². The molecule has 4 rings (SSSR count). The molecule has 1 saturated heterocycles. The van der Waals surface area contributed by atoms with Crippen molar-refractivity contribution in [3.63, 3.8) is 0 Å². The van der Waals surface area contributed by atoms with E-state index >= 15 is 0 Å². The van der Waals surface area contributed by atoms with Crippen LogP contribution >= 0.6 is 0 Å². The second-order valence-electron chi connectivity index (χ2n) is 7.54. The molecule has 1 aromatic carbocycles. The van der Waals surface area contributed by atoms with Crippen LogP contribution in [0.5, 0.6) is 0 Å². The molecule has 2 aromatic heterocycles. The molecule has 1 fully saturated rings. The number of fused-ring (bicyclic) bond motifs is 1. The van der Waals surface area contributed by atoms with Gasteiger partial charge in [-0.05, 0) is 24.3 Å². The fourth-order valence-electron chi connectivity index (χ4n) is 3.25. The second kappa shape index (κ2) is 6.02. The zero-order valence-electron chi connectivity index (χ0n) is 15.1. The largest absolute Gasteiger partial charge is 0.368 e. The maximum atomic E-state index is 4.82. The molecule has 0 saturated carbocycles. The zero-order valence-corrected chi connectivity index (χ0v) is 15.1. The standard InChI is InChI=1S/C19H24N6/c1-19(2,3)18-21-20-16-9-10-17(22-25(16)18)24-13-11-23(12-14-24)15-7-5-4-6-8-15/h4-10H,11-14H2,1-3H3. The molecule has 6 nitrogen and oxygen atoms in total. The topological polar surface area (TPSA) is 49.6 Å². The van der Waals surface area contributed by atoms with E-state index in [-0.39, 0.29) is 5.41 Å². The summed E-state index contributed by atoms with van der Waals surface area (Å²) in [6.07, 6.45) is 0. The minimum Gasteiger partial charge on any atom is -0.368 e. The summed E-state index contributed by atoms with van der Waals surface area (Å²) in [4.78, 5) is 4.76. The highest BCUT2D eigenvalue weighted by Gasteiger charge is 2.23. The lowest BCUT2D eigenvalue weighted by molar-refractivity contribution is 0.525. The van der Waals surface area contributed by atoms with Crippen molar-refractivity contribution >= 4 is 17.2 Å². The van der Waals surface area contributed by atoms with E-state index in [1.807, 2.05) is 10.6 Å². The number of nitrogens with zero attached hydrogens (tertiary/aromatic N) is 6. The van der Waals surface area contributed by atoms with Gasteiger partial charge in [0.1, 0.15) is 5.82 Å². The normalized spacial score (nSPS) is 15.8. The van der Waals surface area contributed by atoms with Crippen LogP contribution < -0.4 is 9.80 Å². The molecule has 25 heavy (non-hydrogen) atoms. The molecule has 3 heterocycles. The molecule has 6 heteroatoms. The molecular formula is C19H24N6. The molecule has 0 N–H and O–H groups in total. The molecular weight excluding hydrogens is 312 g/mol. The molecule has 0 amide bonds. The van der Waals surface area contributed by atoms with Crippen molar-refractivity contribution in [3.8, 4) is 0 Å². The van der Waals surface area contributed by atoms with E-state index in [4.69, 9.17) is 5.10 Å². The van der Waals surface area contributed by atoms with Crippen molar-refractivity contribution in [2.24, 2.45) is 0 Å². The van der Waals surface area contributed by atoms with Crippen LogP contribution in [0.15, 0.2) is 42.5 Å². The summed E-state index contributed by atoms with van der Waals surface area (Å²) in [5.74, 6) is 1.89. The smallest absolute Gasteiger partial charge is 0.178 e. The Labute approximate surface area is 148 Å². The average Bonchev–Trinajstić information content (AvgIpc) is 3.06. The molecule has 1 aliphatic heterocycles. The van der Waals surface area contributed by atoms with Crippen LogP contribution in [0.3, 0.4) is 0 Å². The van der Waals surface area contributed by atoms with Crippen molar-refractivity contribution in [2.75, 3.05) is 36.0 Å². The van der Waals surface area contributed by atoms with Crippen LogP contribution in [-0.2, 0) is 5.41 Å². The van der Waals surface area contributed by atoms with Crippen molar-refractivity contribution in [1.82, 2.24) is 19.8 Å². The summed E-state index contributed by atoms with van der Waals surface area (Å²) < 4.78 is 1.89. The third-order valence-corrected chi connectivity index (χ3v) is 4.64. The summed E-state index contributed by atoms with van der Waals surface area (Å²) in [5, 5.41) is 13.4. The molecule has 0 spiro atoms. The Bertz CT molecular complexity index is 857. The highest BCUT2D eigenvalue weighted by Crippen LogP contribution is 2.23. The third-order valence-electron chi connectivity index (χ3n) is 4.64. The predicted molar refractivity (Wildman–Crippen MR) is 100 cm³/mol. The van der Waals surface area contributed by atoms with E-state index in [0.717, 1.165) is 43.5 Å². The van der Waals surface area contributed by atoms with Crippen molar-refractivity contribution < 1.29 is 0 Å². The summed E-state index contributed by atoms with van der Waals surface area (Å²) in [6, 6.07) is 14.7. The Hall–Kier alpha value is -2.63. The van der Waals surface area contributed by atoms with Gasteiger partial charge in [0.05, 0.1) is 0 Å². The van der Waals surface area contributed by atoms with Crippen LogP contribution in [-0.4, -0.2) is 46.0 Å². The summed E-state index contributed by atoms with van der Waals surface area (Å²) in [5.41, 5.74) is 2.01. The molecule has 0 atom stereocenters. The maximum Gasteiger partial charge on any atom is 0.178 e. The minimum absolute atomic E-state index is 0.0863. The first kappa shape index (κ1) is 15.9. The molecule has 0 unspecified atom stereocenters. The number of aromatic nitrogens is 4. The van der Waals surface area contributed by atoms with Gasteiger partial charge in [-0.25, -0.2) is 0 Å². The SMILES string of the molecule is CC(C)(C)c1nnc2ccc(N3CCN(c4ccccc4)CC3)nn12. The molecule has 3 aromatic rings. The third kappa shape index (κ3) is 3.04. The lowest BCUT2D eigenvalue weighted by Gasteiger charge is -2.36.